The summed E-state index contributed by atoms with van der Waals surface area (Å²) in [4.78, 5) is 0. The molecule has 0 aliphatic heterocycles. The van der Waals surface area contributed by atoms with Gasteiger partial charge in [-0.3, -0.25) is 0 Å². The van der Waals surface area contributed by atoms with Crippen LogP contribution in [0.25, 0.3) is 5.69 Å². The third-order valence-electron chi connectivity index (χ3n) is 3.53. The van der Waals surface area contributed by atoms with Crippen LogP contribution in [-0.4, -0.2) is 47.2 Å². The van der Waals surface area contributed by atoms with E-state index in [1.54, 1.807) is 37.4 Å². The molecule has 0 N–H and O–H groups in total. The van der Waals surface area contributed by atoms with Crippen LogP contribution < -0.4 is 8.92 Å². The predicted molar refractivity (Wildman–Crippen MR) is 102 cm³/mol. The summed E-state index contributed by atoms with van der Waals surface area (Å²) in [6.45, 7) is 1.95. The monoisotopic (exact) mass is 406 g/mol. The van der Waals surface area contributed by atoms with Gasteiger partial charge in [0.05, 0.1) is 12.9 Å². The van der Waals surface area contributed by atoms with E-state index in [1.807, 2.05) is 25.1 Å². The highest BCUT2D eigenvalue weighted by atomic mass is 32.2. The molecule has 0 radical (unpaired) electrons. The van der Waals surface area contributed by atoms with Crippen molar-refractivity contribution in [2.45, 2.75) is 12.1 Å². The molecule has 2 aromatic carbocycles. The van der Waals surface area contributed by atoms with Gasteiger partial charge in [-0.15, -0.1) is 5.10 Å². The topological polar surface area (TPSA) is 96.2 Å². The minimum Gasteiger partial charge on any atom is -0.494 e. The Morgan fingerprint density at radius 1 is 1.15 bits per heavy atom. The average molecular weight is 406 g/mol. The second kappa shape index (κ2) is 8.40. The zero-order valence-electron chi connectivity index (χ0n) is 14.8. The summed E-state index contributed by atoms with van der Waals surface area (Å²) in [6, 6.07) is 14.0. The van der Waals surface area contributed by atoms with Crippen molar-refractivity contribution in [2.24, 2.45) is 0 Å². The lowest BCUT2D eigenvalue weighted by molar-refractivity contribution is 0.410. The standard InChI is InChI=1S/C17H18N4O4S2/c1-13-8-9-16(24-2)15(12-13)21-17(18-19-20-21)26-10-11-27(22,23)25-14-6-4-3-5-7-14/h3-9,12H,10-11H2,1-2H3. The van der Waals surface area contributed by atoms with Crippen LogP contribution in [0.15, 0.2) is 53.7 Å². The molecule has 0 saturated carbocycles. The molecule has 0 aliphatic carbocycles. The van der Waals surface area contributed by atoms with E-state index in [9.17, 15) is 8.42 Å². The number of hydrogen-bond acceptors (Lipinski definition) is 8. The number of hydrogen-bond donors (Lipinski definition) is 0. The molecule has 0 saturated heterocycles. The molecule has 142 valence electrons. The maximum absolute atomic E-state index is 12.1. The molecule has 0 aliphatic rings. The van der Waals surface area contributed by atoms with Gasteiger partial charge in [0.15, 0.2) is 0 Å². The maximum atomic E-state index is 12.1. The molecule has 0 unspecified atom stereocenters. The lowest BCUT2D eigenvalue weighted by Gasteiger charge is -2.10. The first-order valence-electron chi connectivity index (χ1n) is 8.02. The minimum atomic E-state index is -3.71. The summed E-state index contributed by atoms with van der Waals surface area (Å²) < 4.78 is 36.2. The number of aromatic nitrogens is 4. The first-order valence-corrected chi connectivity index (χ1v) is 10.6. The molecule has 0 atom stereocenters. The van der Waals surface area contributed by atoms with Crippen LogP contribution in [0.3, 0.4) is 0 Å². The summed E-state index contributed by atoms with van der Waals surface area (Å²) in [6.07, 6.45) is 0. The molecular formula is C17H18N4O4S2. The van der Waals surface area contributed by atoms with E-state index in [0.29, 0.717) is 16.6 Å². The number of rotatable bonds is 8. The van der Waals surface area contributed by atoms with Crippen molar-refractivity contribution >= 4 is 21.9 Å². The fourth-order valence-corrected chi connectivity index (χ4v) is 4.46. The number of tetrazole rings is 1. The van der Waals surface area contributed by atoms with Crippen LogP contribution >= 0.6 is 11.8 Å². The molecule has 8 nitrogen and oxygen atoms in total. The summed E-state index contributed by atoms with van der Waals surface area (Å²) in [5.41, 5.74) is 1.71. The third kappa shape index (κ3) is 4.98. The Hall–Kier alpha value is -2.59. The zero-order chi connectivity index (χ0) is 19.3. The highest BCUT2D eigenvalue weighted by molar-refractivity contribution is 8.00. The highest BCUT2D eigenvalue weighted by Gasteiger charge is 2.17. The normalized spacial score (nSPS) is 11.3. The Balaban J connectivity index is 1.68. The molecule has 3 aromatic rings. The number of methoxy groups -OCH3 is 1. The van der Waals surface area contributed by atoms with Gasteiger partial charge in [-0.1, -0.05) is 36.0 Å². The Bertz CT molecular complexity index is 1010. The zero-order valence-corrected chi connectivity index (χ0v) is 16.4. The van der Waals surface area contributed by atoms with Crippen LogP contribution in [0.4, 0.5) is 0 Å². The van der Waals surface area contributed by atoms with Gasteiger partial charge in [0.25, 0.3) is 0 Å². The molecule has 27 heavy (non-hydrogen) atoms. The van der Waals surface area contributed by atoms with Crippen molar-refractivity contribution in [3.63, 3.8) is 0 Å². The van der Waals surface area contributed by atoms with E-state index in [2.05, 4.69) is 15.5 Å². The van der Waals surface area contributed by atoms with E-state index in [-0.39, 0.29) is 17.3 Å². The molecule has 0 bridgehead atoms. The molecular weight excluding hydrogens is 388 g/mol. The van der Waals surface area contributed by atoms with Crippen molar-refractivity contribution in [1.82, 2.24) is 20.2 Å². The summed E-state index contributed by atoms with van der Waals surface area (Å²) in [5.74, 6) is 0.972. The van der Waals surface area contributed by atoms with Crippen LogP contribution in [0.5, 0.6) is 11.5 Å². The lowest BCUT2D eigenvalue weighted by atomic mass is 10.2. The van der Waals surface area contributed by atoms with Crippen molar-refractivity contribution < 1.29 is 17.3 Å². The minimum absolute atomic E-state index is 0.176. The van der Waals surface area contributed by atoms with Crippen LogP contribution in [0.2, 0.25) is 0 Å². The van der Waals surface area contributed by atoms with Gasteiger partial charge in [0.1, 0.15) is 17.2 Å². The van der Waals surface area contributed by atoms with Crippen molar-refractivity contribution in [2.75, 3.05) is 18.6 Å². The smallest absolute Gasteiger partial charge is 0.310 e. The third-order valence-corrected chi connectivity index (χ3v) is 5.86. The molecule has 0 spiro atoms. The van der Waals surface area contributed by atoms with Crippen LogP contribution in [0.1, 0.15) is 5.56 Å². The lowest BCUT2D eigenvalue weighted by Crippen LogP contribution is -2.15. The highest BCUT2D eigenvalue weighted by Crippen LogP contribution is 2.27. The number of ether oxygens (including phenoxy) is 1. The van der Waals surface area contributed by atoms with E-state index < -0.39 is 10.1 Å². The van der Waals surface area contributed by atoms with Gasteiger partial charge in [-0.2, -0.15) is 13.1 Å². The first kappa shape index (κ1) is 19.2. The Morgan fingerprint density at radius 2 is 1.93 bits per heavy atom. The summed E-state index contributed by atoms with van der Waals surface area (Å²) in [5, 5.41) is 12.1. The number of aryl methyl sites for hydroxylation is 1. The van der Waals surface area contributed by atoms with Crippen LogP contribution in [-0.2, 0) is 10.1 Å². The first-order chi connectivity index (χ1) is 13.0. The summed E-state index contributed by atoms with van der Waals surface area (Å²) in [7, 11) is -2.14. The Kier molecular flexibility index (Phi) is 5.97. The average Bonchev–Trinajstić information content (AvgIpc) is 3.10. The fourth-order valence-electron chi connectivity index (χ4n) is 2.28. The molecule has 1 heterocycles. The number of benzene rings is 2. The largest absolute Gasteiger partial charge is 0.494 e. The second-order valence-corrected chi connectivity index (χ2v) is 8.31. The van der Waals surface area contributed by atoms with Crippen molar-refractivity contribution in [3.8, 4) is 17.2 Å². The van der Waals surface area contributed by atoms with Gasteiger partial charge in [0, 0.05) is 5.75 Å². The van der Waals surface area contributed by atoms with Crippen molar-refractivity contribution in [3.05, 3.63) is 54.1 Å². The molecule has 1 aromatic heterocycles. The predicted octanol–water partition coefficient (Wildman–Crippen LogP) is 2.48. The molecule has 0 amide bonds. The number of thioether (sulfide) groups is 1. The van der Waals surface area contributed by atoms with E-state index >= 15 is 0 Å². The van der Waals surface area contributed by atoms with Gasteiger partial charge in [0.2, 0.25) is 5.16 Å². The molecule has 10 heteroatoms. The number of para-hydroxylation sites is 1. The SMILES string of the molecule is COc1ccc(C)cc1-n1nnnc1SCCS(=O)(=O)Oc1ccccc1. The van der Waals surface area contributed by atoms with Gasteiger partial charge in [-0.05, 0) is 47.2 Å². The molecule has 0 fully saturated rings. The van der Waals surface area contributed by atoms with Crippen molar-refractivity contribution in [1.29, 1.82) is 0 Å². The summed E-state index contributed by atoms with van der Waals surface area (Å²) >= 11 is 1.22. The van der Waals surface area contributed by atoms with Gasteiger partial charge < -0.3 is 8.92 Å². The maximum Gasteiger partial charge on any atom is 0.310 e. The number of nitrogens with zero attached hydrogens (tertiary/aromatic N) is 4. The molecule has 3 rings (SSSR count). The van der Waals surface area contributed by atoms with E-state index in [4.69, 9.17) is 8.92 Å². The fraction of sp³-hybridized carbons (Fsp3) is 0.235. The van der Waals surface area contributed by atoms with E-state index in [0.717, 1.165) is 5.56 Å². The Morgan fingerprint density at radius 3 is 2.67 bits per heavy atom. The second-order valence-electron chi connectivity index (χ2n) is 5.56. The van der Waals surface area contributed by atoms with Gasteiger partial charge >= 0.3 is 10.1 Å². The quantitative estimate of drug-likeness (QED) is 0.416. The van der Waals surface area contributed by atoms with Crippen LogP contribution in [0, 0.1) is 6.92 Å². The van der Waals surface area contributed by atoms with E-state index in [1.165, 1.54) is 16.4 Å². The Labute approximate surface area is 161 Å². The van der Waals surface area contributed by atoms with Gasteiger partial charge in [-0.25, -0.2) is 0 Å².